The zero-order valence-electron chi connectivity index (χ0n) is 15.1. The summed E-state index contributed by atoms with van der Waals surface area (Å²) in [6.07, 6.45) is 0. The van der Waals surface area contributed by atoms with Crippen LogP contribution in [0.2, 0.25) is 0 Å². The van der Waals surface area contributed by atoms with Crippen LogP contribution in [-0.4, -0.2) is 49.9 Å². The number of ether oxygens (including phenoxy) is 1. The number of aryl methyl sites for hydroxylation is 1. The Kier molecular flexibility index (Phi) is 5.73. The van der Waals surface area contributed by atoms with Crippen LogP contribution >= 0.6 is 0 Å². The van der Waals surface area contributed by atoms with Crippen LogP contribution in [0.3, 0.4) is 0 Å². The van der Waals surface area contributed by atoms with Crippen molar-refractivity contribution in [3.63, 3.8) is 0 Å². The Morgan fingerprint density at radius 1 is 1.18 bits per heavy atom. The maximum atomic E-state index is 12.8. The number of anilines is 1. The van der Waals surface area contributed by atoms with E-state index in [-0.39, 0.29) is 29.2 Å². The van der Waals surface area contributed by atoms with Gasteiger partial charge in [-0.05, 0) is 36.8 Å². The zero-order valence-corrected chi connectivity index (χ0v) is 15.9. The van der Waals surface area contributed by atoms with Gasteiger partial charge in [0.2, 0.25) is 10.0 Å². The molecule has 0 radical (unpaired) electrons. The second-order valence-electron chi connectivity index (χ2n) is 6.25. The Labute approximate surface area is 162 Å². The maximum Gasteiger partial charge on any atom is 0.269 e. The van der Waals surface area contributed by atoms with E-state index in [0.717, 1.165) is 0 Å². The second-order valence-corrected chi connectivity index (χ2v) is 8.19. The van der Waals surface area contributed by atoms with Gasteiger partial charge in [0.25, 0.3) is 11.6 Å². The lowest BCUT2D eigenvalue weighted by Crippen LogP contribution is -2.40. The first-order chi connectivity index (χ1) is 13.3. The monoisotopic (exact) mass is 405 g/mol. The molecule has 0 atom stereocenters. The van der Waals surface area contributed by atoms with Gasteiger partial charge in [-0.25, -0.2) is 8.42 Å². The Morgan fingerprint density at radius 3 is 2.54 bits per heavy atom. The summed E-state index contributed by atoms with van der Waals surface area (Å²) < 4.78 is 32.0. The number of nitro groups is 1. The highest BCUT2D eigenvalue weighted by Gasteiger charge is 2.27. The minimum Gasteiger partial charge on any atom is -0.379 e. The molecule has 0 aromatic heterocycles. The molecular formula is C18H19N3O6S. The Bertz CT molecular complexity index is 1020. The number of sulfonamides is 1. The summed E-state index contributed by atoms with van der Waals surface area (Å²) in [5.41, 5.74) is 1.04. The molecule has 10 heteroatoms. The van der Waals surface area contributed by atoms with Gasteiger partial charge in [0, 0.05) is 36.5 Å². The van der Waals surface area contributed by atoms with Crippen LogP contribution in [0.15, 0.2) is 47.4 Å². The number of nitro benzene ring substituents is 1. The molecule has 0 unspecified atom stereocenters. The fourth-order valence-electron chi connectivity index (χ4n) is 2.83. The summed E-state index contributed by atoms with van der Waals surface area (Å²) in [6, 6.07) is 9.87. The van der Waals surface area contributed by atoms with Crippen LogP contribution in [0.4, 0.5) is 11.4 Å². The topological polar surface area (TPSA) is 119 Å². The van der Waals surface area contributed by atoms with E-state index in [0.29, 0.717) is 24.5 Å². The normalized spacial score (nSPS) is 15.2. The predicted octanol–water partition coefficient (Wildman–Crippen LogP) is 2.18. The maximum absolute atomic E-state index is 12.8. The van der Waals surface area contributed by atoms with E-state index < -0.39 is 20.9 Å². The largest absolute Gasteiger partial charge is 0.379 e. The first kappa shape index (κ1) is 19.9. The summed E-state index contributed by atoms with van der Waals surface area (Å²) in [5, 5.41) is 13.5. The number of amides is 1. The number of rotatable bonds is 5. The third-order valence-electron chi connectivity index (χ3n) is 4.37. The van der Waals surface area contributed by atoms with Gasteiger partial charge < -0.3 is 10.1 Å². The van der Waals surface area contributed by atoms with Crippen LogP contribution in [0.5, 0.6) is 0 Å². The Hall–Kier alpha value is -2.82. The number of benzene rings is 2. The van der Waals surface area contributed by atoms with E-state index in [1.54, 1.807) is 6.92 Å². The van der Waals surface area contributed by atoms with Gasteiger partial charge >= 0.3 is 0 Å². The van der Waals surface area contributed by atoms with Crippen LogP contribution in [0.25, 0.3) is 0 Å². The Morgan fingerprint density at radius 2 is 1.89 bits per heavy atom. The molecule has 1 aliphatic heterocycles. The fraction of sp³-hybridized carbons (Fsp3) is 0.278. The summed E-state index contributed by atoms with van der Waals surface area (Å²) in [6.45, 7) is 2.83. The molecule has 9 nitrogen and oxygen atoms in total. The average molecular weight is 405 g/mol. The lowest BCUT2D eigenvalue weighted by molar-refractivity contribution is -0.384. The molecule has 1 N–H and O–H groups in total. The minimum absolute atomic E-state index is 0.0301. The van der Waals surface area contributed by atoms with Gasteiger partial charge in [-0.15, -0.1) is 0 Å². The van der Waals surface area contributed by atoms with Crippen LogP contribution < -0.4 is 5.32 Å². The molecule has 1 aliphatic rings. The molecule has 2 aromatic carbocycles. The minimum atomic E-state index is -3.72. The van der Waals surface area contributed by atoms with Crippen molar-refractivity contribution in [3.8, 4) is 0 Å². The van der Waals surface area contributed by atoms with Crippen molar-refractivity contribution in [1.29, 1.82) is 0 Å². The van der Waals surface area contributed by atoms with Crippen LogP contribution in [0, 0.1) is 17.0 Å². The van der Waals surface area contributed by atoms with E-state index in [9.17, 15) is 23.3 Å². The number of non-ortho nitro benzene ring substituents is 1. The van der Waals surface area contributed by atoms with Gasteiger partial charge in [-0.3, -0.25) is 14.9 Å². The number of morpholine rings is 1. The van der Waals surface area contributed by atoms with E-state index in [1.165, 1.54) is 46.8 Å². The summed E-state index contributed by atoms with van der Waals surface area (Å²) in [5.74, 6) is -0.504. The fourth-order valence-corrected chi connectivity index (χ4v) is 4.28. The first-order valence-electron chi connectivity index (χ1n) is 8.53. The molecule has 1 amide bonds. The van der Waals surface area contributed by atoms with Crippen molar-refractivity contribution in [2.75, 3.05) is 31.6 Å². The van der Waals surface area contributed by atoms with Crippen molar-refractivity contribution in [2.24, 2.45) is 0 Å². The van der Waals surface area contributed by atoms with Gasteiger partial charge in [0.1, 0.15) is 0 Å². The van der Waals surface area contributed by atoms with Crippen molar-refractivity contribution in [1.82, 2.24) is 4.31 Å². The standard InChI is InChI=1S/C18H19N3O6S/c1-13-11-15(21(23)24)5-6-17(13)19-18(22)14-3-2-4-16(12-14)28(25,26)20-7-9-27-10-8-20/h2-6,11-12H,7-10H2,1H3,(H,19,22). The van der Waals surface area contributed by atoms with Gasteiger partial charge in [-0.2, -0.15) is 4.31 Å². The number of hydrogen-bond acceptors (Lipinski definition) is 6. The Balaban J connectivity index is 1.82. The molecule has 3 rings (SSSR count). The zero-order chi connectivity index (χ0) is 20.3. The van der Waals surface area contributed by atoms with Crippen LogP contribution in [0.1, 0.15) is 15.9 Å². The van der Waals surface area contributed by atoms with Crippen molar-refractivity contribution < 1.29 is 22.9 Å². The second kappa shape index (κ2) is 8.05. The molecule has 1 heterocycles. The molecule has 1 fully saturated rings. The number of carbonyl (C=O) groups is 1. The summed E-state index contributed by atoms with van der Waals surface area (Å²) in [7, 11) is -3.72. The van der Waals surface area contributed by atoms with E-state index in [4.69, 9.17) is 4.74 Å². The third-order valence-corrected chi connectivity index (χ3v) is 6.27. The highest BCUT2D eigenvalue weighted by molar-refractivity contribution is 7.89. The SMILES string of the molecule is Cc1cc([N+](=O)[O-])ccc1NC(=O)c1cccc(S(=O)(=O)N2CCOCC2)c1. The van der Waals surface area contributed by atoms with Gasteiger partial charge in [0.15, 0.2) is 0 Å². The number of carbonyl (C=O) groups excluding carboxylic acids is 1. The molecule has 148 valence electrons. The van der Waals surface area contributed by atoms with Crippen molar-refractivity contribution in [3.05, 3.63) is 63.7 Å². The summed E-state index contributed by atoms with van der Waals surface area (Å²) >= 11 is 0. The lowest BCUT2D eigenvalue weighted by atomic mass is 10.1. The molecule has 2 aromatic rings. The lowest BCUT2D eigenvalue weighted by Gasteiger charge is -2.26. The van der Waals surface area contributed by atoms with Gasteiger partial charge in [0.05, 0.1) is 23.0 Å². The quantitative estimate of drug-likeness (QED) is 0.601. The number of hydrogen-bond donors (Lipinski definition) is 1. The number of nitrogens with one attached hydrogen (secondary N) is 1. The number of nitrogens with zero attached hydrogens (tertiary/aromatic N) is 2. The summed E-state index contributed by atoms with van der Waals surface area (Å²) in [4.78, 5) is 22.9. The molecule has 0 bridgehead atoms. The average Bonchev–Trinajstić information content (AvgIpc) is 2.70. The predicted molar refractivity (Wildman–Crippen MR) is 102 cm³/mol. The third kappa shape index (κ3) is 4.19. The van der Waals surface area contributed by atoms with Crippen LogP contribution in [-0.2, 0) is 14.8 Å². The highest BCUT2D eigenvalue weighted by Crippen LogP contribution is 2.23. The molecule has 0 spiro atoms. The van der Waals surface area contributed by atoms with Crippen molar-refractivity contribution in [2.45, 2.75) is 11.8 Å². The van der Waals surface area contributed by atoms with E-state index >= 15 is 0 Å². The van der Waals surface area contributed by atoms with Gasteiger partial charge in [-0.1, -0.05) is 6.07 Å². The van der Waals surface area contributed by atoms with Crippen molar-refractivity contribution >= 4 is 27.3 Å². The highest BCUT2D eigenvalue weighted by atomic mass is 32.2. The molecule has 0 aliphatic carbocycles. The van der Waals surface area contributed by atoms with E-state index in [1.807, 2.05) is 0 Å². The first-order valence-corrected chi connectivity index (χ1v) is 9.97. The molecule has 0 saturated carbocycles. The molecule has 28 heavy (non-hydrogen) atoms. The van der Waals surface area contributed by atoms with E-state index in [2.05, 4.69) is 5.32 Å². The smallest absolute Gasteiger partial charge is 0.269 e. The molecule has 1 saturated heterocycles. The molecular weight excluding hydrogens is 386 g/mol.